The molecular formula is C23H22FNO3. The third-order valence-electron chi connectivity index (χ3n) is 5.41. The Hall–Kier alpha value is -2.92. The lowest BCUT2D eigenvalue weighted by Crippen LogP contribution is -2.46. The first-order valence-electron chi connectivity index (χ1n) is 9.43. The molecule has 5 heteroatoms. The molecule has 0 aliphatic carbocycles. The Morgan fingerprint density at radius 2 is 1.82 bits per heavy atom. The number of rotatable bonds is 4. The maximum Gasteiger partial charge on any atom is 0.407 e. The van der Waals surface area contributed by atoms with Gasteiger partial charge in [-0.25, -0.2) is 9.18 Å². The molecule has 1 aliphatic heterocycles. The van der Waals surface area contributed by atoms with Crippen LogP contribution in [-0.2, 0) is 11.3 Å². The Bertz CT molecular complexity index is 973. The van der Waals surface area contributed by atoms with Crippen molar-refractivity contribution >= 4 is 16.9 Å². The molecule has 4 rings (SSSR count). The highest BCUT2D eigenvalue weighted by Gasteiger charge is 2.33. The van der Waals surface area contributed by atoms with E-state index in [0.717, 1.165) is 16.5 Å². The van der Waals surface area contributed by atoms with Crippen molar-refractivity contribution < 1.29 is 19.0 Å². The number of halogens is 1. The molecule has 2 atom stereocenters. The summed E-state index contributed by atoms with van der Waals surface area (Å²) in [6.45, 7) is 1.17. The minimum absolute atomic E-state index is 0.0386. The van der Waals surface area contributed by atoms with Crippen LogP contribution in [0.25, 0.3) is 10.8 Å². The average Bonchev–Trinajstić information content (AvgIpc) is 2.72. The first kappa shape index (κ1) is 18.4. The van der Waals surface area contributed by atoms with Crippen LogP contribution < -0.4 is 0 Å². The van der Waals surface area contributed by atoms with Crippen molar-refractivity contribution in [3.05, 3.63) is 83.7 Å². The summed E-state index contributed by atoms with van der Waals surface area (Å²) < 4.78 is 19.5. The van der Waals surface area contributed by atoms with Crippen LogP contribution in [0, 0.1) is 5.82 Å². The molecule has 1 fully saturated rings. The second kappa shape index (κ2) is 7.98. The maximum atomic E-state index is 13.3. The van der Waals surface area contributed by atoms with Crippen LogP contribution in [0.4, 0.5) is 9.18 Å². The van der Waals surface area contributed by atoms with Crippen molar-refractivity contribution in [1.29, 1.82) is 0 Å². The normalized spacial score (nSPS) is 19.7. The van der Waals surface area contributed by atoms with Crippen molar-refractivity contribution in [3.63, 3.8) is 0 Å². The number of amides is 1. The molecule has 28 heavy (non-hydrogen) atoms. The highest BCUT2D eigenvalue weighted by molar-refractivity contribution is 5.82. The molecule has 144 valence electrons. The molecule has 1 aliphatic rings. The van der Waals surface area contributed by atoms with Crippen LogP contribution in [0.1, 0.15) is 23.5 Å². The second-order valence-electron chi connectivity index (χ2n) is 7.21. The van der Waals surface area contributed by atoms with E-state index in [4.69, 9.17) is 4.74 Å². The predicted molar refractivity (Wildman–Crippen MR) is 106 cm³/mol. The van der Waals surface area contributed by atoms with Crippen LogP contribution in [0.3, 0.4) is 0 Å². The Labute approximate surface area is 163 Å². The number of nitrogens with zero attached hydrogens (tertiary/aromatic N) is 1. The molecule has 1 N–H and O–H groups in total. The highest BCUT2D eigenvalue weighted by atomic mass is 19.1. The molecular weight excluding hydrogens is 357 g/mol. The molecule has 3 aromatic rings. The number of benzene rings is 3. The molecule has 4 nitrogen and oxygen atoms in total. The van der Waals surface area contributed by atoms with E-state index >= 15 is 0 Å². The van der Waals surface area contributed by atoms with Crippen LogP contribution >= 0.6 is 0 Å². The molecule has 0 aromatic heterocycles. The number of carbonyl (C=O) groups is 1. The minimum Gasteiger partial charge on any atom is -0.465 e. The Morgan fingerprint density at radius 3 is 2.57 bits per heavy atom. The van der Waals surface area contributed by atoms with Gasteiger partial charge in [-0.3, -0.25) is 0 Å². The van der Waals surface area contributed by atoms with E-state index < -0.39 is 6.09 Å². The lowest BCUT2D eigenvalue weighted by molar-refractivity contribution is -0.0199. The summed E-state index contributed by atoms with van der Waals surface area (Å²) in [5, 5.41) is 11.7. The third-order valence-corrected chi connectivity index (χ3v) is 5.41. The van der Waals surface area contributed by atoms with E-state index in [1.54, 1.807) is 12.1 Å². The van der Waals surface area contributed by atoms with Gasteiger partial charge >= 0.3 is 6.09 Å². The molecule has 1 heterocycles. The summed E-state index contributed by atoms with van der Waals surface area (Å²) in [5.74, 6) is -0.239. The molecule has 1 amide bonds. The maximum absolute atomic E-state index is 13.3. The number of fused-ring (bicyclic) bond motifs is 1. The lowest BCUT2D eigenvalue weighted by Gasteiger charge is -2.37. The van der Waals surface area contributed by atoms with Gasteiger partial charge in [0.15, 0.2) is 0 Å². The van der Waals surface area contributed by atoms with Crippen molar-refractivity contribution in [2.45, 2.75) is 25.0 Å². The molecule has 0 bridgehead atoms. The van der Waals surface area contributed by atoms with E-state index in [2.05, 4.69) is 24.3 Å². The monoisotopic (exact) mass is 379 g/mol. The largest absolute Gasteiger partial charge is 0.465 e. The van der Waals surface area contributed by atoms with E-state index in [1.165, 1.54) is 22.4 Å². The average molecular weight is 379 g/mol. The number of hydrogen-bond acceptors (Lipinski definition) is 2. The number of piperidine rings is 1. The fourth-order valence-corrected chi connectivity index (χ4v) is 3.88. The number of hydrogen-bond donors (Lipinski definition) is 1. The molecule has 3 aromatic carbocycles. The number of ether oxygens (including phenoxy) is 1. The predicted octanol–water partition coefficient (Wildman–Crippen LogP) is 5.03. The van der Waals surface area contributed by atoms with Gasteiger partial charge in [-0.15, -0.1) is 0 Å². The van der Waals surface area contributed by atoms with Gasteiger partial charge in [0.1, 0.15) is 5.82 Å². The first-order valence-corrected chi connectivity index (χ1v) is 9.43. The second-order valence-corrected chi connectivity index (χ2v) is 7.21. The first-order chi connectivity index (χ1) is 13.6. The van der Waals surface area contributed by atoms with Crippen molar-refractivity contribution in [1.82, 2.24) is 4.90 Å². The van der Waals surface area contributed by atoms with Gasteiger partial charge in [0, 0.05) is 12.5 Å². The molecule has 0 spiro atoms. The van der Waals surface area contributed by atoms with Gasteiger partial charge < -0.3 is 14.7 Å². The van der Waals surface area contributed by atoms with E-state index in [1.807, 2.05) is 18.2 Å². The van der Waals surface area contributed by atoms with Crippen LogP contribution in [0.5, 0.6) is 0 Å². The zero-order chi connectivity index (χ0) is 19.5. The van der Waals surface area contributed by atoms with Crippen molar-refractivity contribution in [2.75, 3.05) is 13.1 Å². The topological polar surface area (TPSA) is 49.8 Å². The molecule has 0 saturated carbocycles. The Kier molecular flexibility index (Phi) is 5.26. The summed E-state index contributed by atoms with van der Waals surface area (Å²) in [5.41, 5.74) is 2.03. The molecule has 0 radical (unpaired) electrons. The quantitative estimate of drug-likeness (QED) is 0.692. The lowest BCUT2D eigenvalue weighted by atomic mass is 9.87. The van der Waals surface area contributed by atoms with Crippen molar-refractivity contribution in [3.8, 4) is 0 Å². The third kappa shape index (κ3) is 3.99. The van der Waals surface area contributed by atoms with Crippen molar-refractivity contribution in [2.24, 2.45) is 0 Å². The van der Waals surface area contributed by atoms with Crippen LogP contribution in [0.2, 0.25) is 0 Å². The number of carboxylic acid groups (broad SMARTS) is 1. The standard InChI is InChI=1S/C23H22FNO3/c24-20-9-7-18(8-10-20)21-11-12-25(23(26)27)14-22(21)28-15-16-5-6-17-3-1-2-4-19(17)13-16/h1-10,13,21-22H,11-12,14-15H2,(H,26,27). The molecule has 2 unspecified atom stereocenters. The fourth-order valence-electron chi connectivity index (χ4n) is 3.88. The SMILES string of the molecule is O=C(O)N1CCC(c2ccc(F)cc2)C(OCc2ccc3ccccc3c2)C1. The van der Waals surface area contributed by atoms with Gasteiger partial charge in [0.25, 0.3) is 0 Å². The van der Waals surface area contributed by atoms with Crippen LogP contribution in [0.15, 0.2) is 66.7 Å². The molecule has 1 saturated heterocycles. The fraction of sp³-hybridized carbons (Fsp3) is 0.261. The van der Waals surface area contributed by atoms with E-state index in [-0.39, 0.29) is 17.8 Å². The number of likely N-dealkylation sites (tertiary alicyclic amines) is 1. The van der Waals surface area contributed by atoms with E-state index in [9.17, 15) is 14.3 Å². The zero-order valence-corrected chi connectivity index (χ0v) is 15.4. The summed E-state index contributed by atoms with van der Waals surface area (Å²) in [4.78, 5) is 12.8. The summed E-state index contributed by atoms with van der Waals surface area (Å²) in [6.07, 6.45) is -0.556. The smallest absolute Gasteiger partial charge is 0.407 e. The van der Waals surface area contributed by atoms with Gasteiger partial charge in [-0.05, 0) is 46.5 Å². The Morgan fingerprint density at radius 1 is 1.07 bits per heavy atom. The van der Waals surface area contributed by atoms with E-state index in [0.29, 0.717) is 26.1 Å². The summed E-state index contributed by atoms with van der Waals surface area (Å²) in [7, 11) is 0. The Balaban J connectivity index is 1.53. The van der Waals surface area contributed by atoms with Gasteiger partial charge in [-0.1, -0.05) is 48.5 Å². The highest BCUT2D eigenvalue weighted by Crippen LogP contribution is 2.31. The minimum atomic E-state index is -0.933. The van der Waals surface area contributed by atoms with Crippen LogP contribution in [-0.4, -0.2) is 35.3 Å². The van der Waals surface area contributed by atoms with Gasteiger partial charge in [0.05, 0.1) is 19.3 Å². The summed E-state index contributed by atoms with van der Waals surface area (Å²) in [6, 6.07) is 20.8. The summed E-state index contributed by atoms with van der Waals surface area (Å²) >= 11 is 0. The zero-order valence-electron chi connectivity index (χ0n) is 15.4. The van der Waals surface area contributed by atoms with Gasteiger partial charge in [0.2, 0.25) is 0 Å². The van der Waals surface area contributed by atoms with Gasteiger partial charge in [-0.2, -0.15) is 0 Å².